The van der Waals surface area contributed by atoms with E-state index >= 15 is 17.6 Å². The van der Waals surface area contributed by atoms with Gasteiger partial charge < -0.3 is 4.42 Å². The summed E-state index contributed by atoms with van der Waals surface area (Å²) in [6, 6.07) is 51.3. The SMILES string of the molecule is Fc1cccc(F)c1-c1c2ccccc2c(-c2ccc3c(c2)oc2ccc(-c4c5ccccc5c(-c5c(F)cccc5F)c5ccccc45)cc23)c2ccccc12. The third-order valence-corrected chi connectivity index (χ3v) is 11.3. The quantitative estimate of drug-likeness (QED) is 0.129. The van der Waals surface area contributed by atoms with Crippen LogP contribution < -0.4 is 0 Å². The van der Waals surface area contributed by atoms with Gasteiger partial charge in [-0.3, -0.25) is 0 Å². The van der Waals surface area contributed by atoms with Crippen LogP contribution in [0.2, 0.25) is 0 Å². The zero-order chi connectivity index (χ0) is 38.4. The van der Waals surface area contributed by atoms with E-state index in [1.165, 1.54) is 36.4 Å². The molecule has 1 aromatic heterocycles. The highest BCUT2D eigenvalue weighted by atomic mass is 19.1. The predicted octanol–water partition coefficient (Wildman–Crippen LogP) is 15.4. The van der Waals surface area contributed by atoms with Crippen molar-refractivity contribution in [3.8, 4) is 44.5 Å². The van der Waals surface area contributed by atoms with Crippen LogP contribution in [0.15, 0.2) is 174 Å². The van der Waals surface area contributed by atoms with Gasteiger partial charge in [-0.25, -0.2) is 17.6 Å². The minimum atomic E-state index is -0.614. The van der Waals surface area contributed by atoms with E-state index in [9.17, 15) is 0 Å². The van der Waals surface area contributed by atoms with Gasteiger partial charge in [0.05, 0.1) is 11.1 Å². The Morgan fingerprint density at radius 2 is 0.596 bits per heavy atom. The van der Waals surface area contributed by atoms with E-state index in [-0.39, 0.29) is 11.1 Å². The summed E-state index contributed by atoms with van der Waals surface area (Å²) in [5.41, 5.74) is 6.10. The van der Waals surface area contributed by atoms with Crippen LogP contribution in [0, 0.1) is 23.3 Å². The van der Waals surface area contributed by atoms with E-state index in [4.69, 9.17) is 4.42 Å². The van der Waals surface area contributed by atoms with Crippen molar-refractivity contribution in [1.82, 2.24) is 0 Å². The van der Waals surface area contributed by atoms with E-state index in [0.717, 1.165) is 76.1 Å². The Morgan fingerprint density at radius 1 is 0.246 bits per heavy atom. The number of benzene rings is 10. The van der Waals surface area contributed by atoms with Crippen molar-refractivity contribution in [3.63, 3.8) is 0 Å². The molecule has 11 aromatic rings. The molecule has 0 saturated carbocycles. The Hall–Kier alpha value is -7.24. The van der Waals surface area contributed by atoms with Crippen LogP contribution in [0.25, 0.3) is 110 Å². The molecule has 0 N–H and O–H groups in total. The lowest BCUT2D eigenvalue weighted by atomic mass is 9.85. The molecule has 0 saturated heterocycles. The molecule has 5 heteroatoms. The fourth-order valence-electron chi connectivity index (χ4n) is 8.98. The highest BCUT2D eigenvalue weighted by Crippen LogP contribution is 2.48. The summed E-state index contributed by atoms with van der Waals surface area (Å²) < 4.78 is 68.3. The molecule has 10 aromatic carbocycles. The van der Waals surface area contributed by atoms with Gasteiger partial charge in [-0.15, -0.1) is 0 Å². The van der Waals surface area contributed by atoms with Crippen molar-refractivity contribution in [1.29, 1.82) is 0 Å². The second-order valence-electron chi connectivity index (χ2n) is 14.4. The molecule has 0 amide bonds. The molecule has 0 spiro atoms. The van der Waals surface area contributed by atoms with E-state index in [1.54, 1.807) is 0 Å². The molecule has 1 nitrogen and oxygen atoms in total. The first-order chi connectivity index (χ1) is 28.0. The van der Waals surface area contributed by atoms with Gasteiger partial charge in [-0.1, -0.05) is 121 Å². The molecule has 0 radical (unpaired) electrons. The molecule has 0 aliphatic carbocycles. The summed E-state index contributed by atoms with van der Waals surface area (Å²) >= 11 is 0. The minimum absolute atomic E-state index is 0.0434. The summed E-state index contributed by atoms with van der Waals surface area (Å²) in [5, 5.41) is 8.31. The van der Waals surface area contributed by atoms with Crippen molar-refractivity contribution in [2.24, 2.45) is 0 Å². The maximum Gasteiger partial charge on any atom is 0.136 e. The van der Waals surface area contributed by atoms with E-state index < -0.39 is 23.3 Å². The second kappa shape index (κ2) is 12.7. The van der Waals surface area contributed by atoms with Crippen molar-refractivity contribution >= 4 is 65.0 Å². The normalized spacial score (nSPS) is 11.9. The van der Waals surface area contributed by atoms with E-state index in [1.807, 2.05) is 115 Å². The number of fused-ring (bicyclic) bond motifs is 7. The Labute approximate surface area is 323 Å². The van der Waals surface area contributed by atoms with Gasteiger partial charge in [-0.05, 0) is 114 Å². The Balaban J connectivity index is 1.13. The number of hydrogen-bond acceptors (Lipinski definition) is 1. The predicted molar refractivity (Wildman–Crippen MR) is 225 cm³/mol. The third-order valence-electron chi connectivity index (χ3n) is 11.3. The number of furan rings is 1. The average molecular weight is 745 g/mol. The topological polar surface area (TPSA) is 13.1 Å². The minimum Gasteiger partial charge on any atom is -0.456 e. The van der Waals surface area contributed by atoms with Crippen molar-refractivity contribution < 1.29 is 22.0 Å². The zero-order valence-electron chi connectivity index (χ0n) is 30.1. The number of rotatable bonds is 4. The van der Waals surface area contributed by atoms with Crippen LogP contribution in [-0.2, 0) is 0 Å². The summed E-state index contributed by atoms with van der Waals surface area (Å²) in [5.74, 6) is -2.45. The first-order valence-electron chi connectivity index (χ1n) is 18.7. The molecule has 57 heavy (non-hydrogen) atoms. The van der Waals surface area contributed by atoms with Gasteiger partial charge in [0.15, 0.2) is 0 Å². The Bertz CT molecular complexity index is 3320. The van der Waals surface area contributed by atoms with Gasteiger partial charge in [0.1, 0.15) is 34.4 Å². The standard InChI is InChI=1S/C52H28F4O/c53-41-19-9-20-42(54)51(41)49-36-15-5-1-11-32(36)47(33-12-2-6-16-37(33)49)29-24-26-45-40(27-29)31-25-23-30(28-46(31)57-45)48-34-13-3-7-17-38(34)50(39-18-8-4-14-35(39)48)52-43(55)21-10-22-44(52)56/h1-28H. The summed E-state index contributed by atoms with van der Waals surface area (Å²) in [6.07, 6.45) is 0. The first kappa shape index (κ1) is 33.1. The molecule has 0 unspecified atom stereocenters. The molecular formula is C52H28F4O. The van der Waals surface area contributed by atoms with Crippen molar-refractivity contribution in [3.05, 3.63) is 193 Å². The van der Waals surface area contributed by atoms with E-state index in [0.29, 0.717) is 22.3 Å². The van der Waals surface area contributed by atoms with Crippen LogP contribution >= 0.6 is 0 Å². The molecule has 0 aliphatic heterocycles. The third kappa shape index (κ3) is 4.95. The molecule has 270 valence electrons. The maximum absolute atomic E-state index is 15.4. The fourth-order valence-corrected chi connectivity index (χ4v) is 8.98. The second-order valence-corrected chi connectivity index (χ2v) is 14.4. The summed E-state index contributed by atoms with van der Waals surface area (Å²) in [4.78, 5) is 0. The van der Waals surface area contributed by atoms with Crippen LogP contribution in [0.3, 0.4) is 0 Å². The van der Waals surface area contributed by atoms with Gasteiger partial charge in [-0.2, -0.15) is 0 Å². The molecular weight excluding hydrogens is 717 g/mol. The molecule has 0 bridgehead atoms. The number of hydrogen-bond donors (Lipinski definition) is 0. The highest BCUT2D eigenvalue weighted by molar-refractivity contribution is 6.24. The summed E-state index contributed by atoms with van der Waals surface area (Å²) in [7, 11) is 0. The largest absolute Gasteiger partial charge is 0.456 e. The van der Waals surface area contributed by atoms with Crippen molar-refractivity contribution in [2.75, 3.05) is 0 Å². The maximum atomic E-state index is 15.4. The Kier molecular flexibility index (Phi) is 7.35. The smallest absolute Gasteiger partial charge is 0.136 e. The summed E-state index contributed by atoms with van der Waals surface area (Å²) in [6.45, 7) is 0. The van der Waals surface area contributed by atoms with Crippen LogP contribution in [0.5, 0.6) is 0 Å². The van der Waals surface area contributed by atoms with Gasteiger partial charge in [0.2, 0.25) is 0 Å². The van der Waals surface area contributed by atoms with Gasteiger partial charge in [0.25, 0.3) is 0 Å². The lowest BCUT2D eigenvalue weighted by molar-refractivity contribution is 0.589. The monoisotopic (exact) mass is 744 g/mol. The zero-order valence-corrected chi connectivity index (χ0v) is 30.1. The highest BCUT2D eigenvalue weighted by Gasteiger charge is 2.24. The lowest BCUT2D eigenvalue weighted by Gasteiger charge is -2.18. The Morgan fingerprint density at radius 3 is 1.00 bits per heavy atom. The van der Waals surface area contributed by atoms with Crippen molar-refractivity contribution in [2.45, 2.75) is 0 Å². The van der Waals surface area contributed by atoms with Gasteiger partial charge >= 0.3 is 0 Å². The van der Waals surface area contributed by atoms with Gasteiger partial charge in [0, 0.05) is 21.9 Å². The molecule has 0 aliphatic rings. The fraction of sp³-hybridized carbons (Fsp3) is 0. The first-order valence-corrected chi connectivity index (χ1v) is 18.7. The molecule has 11 rings (SSSR count). The lowest BCUT2D eigenvalue weighted by Crippen LogP contribution is -1.95. The molecule has 0 atom stereocenters. The van der Waals surface area contributed by atoms with Crippen LogP contribution in [-0.4, -0.2) is 0 Å². The molecule has 0 fully saturated rings. The van der Waals surface area contributed by atoms with Crippen LogP contribution in [0.4, 0.5) is 17.6 Å². The molecule has 1 heterocycles. The van der Waals surface area contributed by atoms with Crippen LogP contribution in [0.1, 0.15) is 0 Å². The average Bonchev–Trinajstić information content (AvgIpc) is 3.60. The number of halogens is 4. The van der Waals surface area contributed by atoms with E-state index in [2.05, 4.69) is 18.2 Å².